The molecule has 17 heavy (non-hydrogen) atoms. The maximum absolute atomic E-state index is 8.63. The summed E-state index contributed by atoms with van der Waals surface area (Å²) < 4.78 is 2.31. The van der Waals surface area contributed by atoms with Crippen molar-refractivity contribution in [2.45, 2.75) is 13.3 Å². The quantitative estimate of drug-likeness (QED) is 0.746. The minimum atomic E-state index is 0.322. The number of rotatable bonds is 1. The number of benzene rings is 2. The summed E-state index contributed by atoms with van der Waals surface area (Å²) in [6, 6.07) is 14.9. The van der Waals surface area contributed by atoms with Gasteiger partial charge in [0.05, 0.1) is 0 Å². The zero-order valence-electron chi connectivity index (χ0n) is 9.53. The molecule has 0 unspecified atom stereocenters. The van der Waals surface area contributed by atoms with Crippen molar-refractivity contribution < 1.29 is 5.11 Å². The molecular weight excluding hydrogens is 344 g/mol. The van der Waals surface area contributed by atoms with Crippen molar-refractivity contribution in [3.05, 3.63) is 63.0 Å². The van der Waals surface area contributed by atoms with Gasteiger partial charge in [-0.25, -0.2) is 0 Å². The number of phenols is 1. The molecule has 0 spiro atoms. The normalized spacial score (nSPS) is 9.35. The van der Waals surface area contributed by atoms with Gasteiger partial charge in [-0.2, -0.15) is 0 Å². The first-order valence-corrected chi connectivity index (χ1v) is 6.90. The third-order valence-electron chi connectivity index (χ3n) is 2.17. The molecule has 0 heterocycles. The van der Waals surface area contributed by atoms with Gasteiger partial charge in [0.15, 0.2) is 0 Å². The molecule has 0 saturated heterocycles. The van der Waals surface area contributed by atoms with Crippen LogP contribution in [0.25, 0.3) is 0 Å². The van der Waals surface area contributed by atoms with E-state index in [9.17, 15) is 0 Å². The van der Waals surface area contributed by atoms with Crippen LogP contribution in [0.2, 0.25) is 0 Å². The number of aryl methyl sites for hydroxylation is 1. The highest BCUT2D eigenvalue weighted by Crippen LogP contribution is 2.26. The van der Waals surface area contributed by atoms with Crippen LogP contribution in [0.4, 0.5) is 0 Å². The Morgan fingerprint density at radius 3 is 2.00 bits per heavy atom. The Morgan fingerprint density at radius 1 is 0.941 bits per heavy atom. The molecule has 3 heteroatoms. The van der Waals surface area contributed by atoms with Crippen LogP contribution < -0.4 is 0 Å². The zero-order valence-corrected chi connectivity index (χ0v) is 12.7. The Labute approximate surface area is 119 Å². The van der Waals surface area contributed by atoms with Crippen LogP contribution in [-0.2, 0) is 6.42 Å². The Morgan fingerprint density at radius 2 is 1.59 bits per heavy atom. The molecule has 0 amide bonds. The number of para-hydroxylation sites is 1. The van der Waals surface area contributed by atoms with Crippen LogP contribution in [-0.4, -0.2) is 5.11 Å². The van der Waals surface area contributed by atoms with Crippen LogP contribution in [0.15, 0.2) is 57.5 Å². The lowest BCUT2D eigenvalue weighted by atomic mass is 10.2. The molecule has 0 atom stereocenters. The predicted octanol–water partition coefficient (Wildman–Crippen LogP) is 5.17. The van der Waals surface area contributed by atoms with E-state index in [1.807, 2.05) is 18.2 Å². The SMILES string of the molecule is CCc1cccc(Br)c1Br.Oc1ccccc1. The molecule has 2 aromatic rings. The Hall–Kier alpha value is -0.800. The number of hydrogen-bond donors (Lipinski definition) is 1. The van der Waals surface area contributed by atoms with E-state index in [4.69, 9.17) is 5.11 Å². The topological polar surface area (TPSA) is 20.2 Å². The minimum Gasteiger partial charge on any atom is -0.508 e. The molecule has 1 N–H and O–H groups in total. The van der Waals surface area contributed by atoms with E-state index >= 15 is 0 Å². The summed E-state index contributed by atoms with van der Waals surface area (Å²) in [5.74, 6) is 0.322. The van der Waals surface area contributed by atoms with Crippen molar-refractivity contribution in [1.29, 1.82) is 0 Å². The molecule has 0 radical (unpaired) electrons. The fourth-order valence-corrected chi connectivity index (χ4v) is 2.20. The summed E-state index contributed by atoms with van der Waals surface area (Å²) in [6.45, 7) is 2.15. The van der Waals surface area contributed by atoms with Crippen molar-refractivity contribution in [1.82, 2.24) is 0 Å². The van der Waals surface area contributed by atoms with Crippen LogP contribution in [0.5, 0.6) is 5.75 Å². The van der Waals surface area contributed by atoms with Crippen LogP contribution in [0.3, 0.4) is 0 Å². The highest BCUT2D eigenvalue weighted by molar-refractivity contribution is 9.13. The Kier molecular flexibility index (Phi) is 6.30. The van der Waals surface area contributed by atoms with Gasteiger partial charge in [-0.3, -0.25) is 0 Å². The van der Waals surface area contributed by atoms with Crippen LogP contribution >= 0.6 is 31.9 Å². The molecule has 0 aliphatic rings. The van der Waals surface area contributed by atoms with Gasteiger partial charge in [0.2, 0.25) is 0 Å². The lowest BCUT2D eigenvalue weighted by Crippen LogP contribution is -1.81. The minimum absolute atomic E-state index is 0.322. The standard InChI is InChI=1S/C8H8Br2.C6H6O/c1-2-6-4-3-5-7(9)8(6)10;7-6-4-2-1-3-5-6/h3-5H,2H2,1H3;1-5,7H. The second-order valence-corrected chi connectivity index (χ2v) is 5.05. The van der Waals surface area contributed by atoms with Crippen molar-refractivity contribution in [3.8, 4) is 5.75 Å². The smallest absolute Gasteiger partial charge is 0.115 e. The third-order valence-corrected chi connectivity index (χ3v) is 4.30. The summed E-state index contributed by atoms with van der Waals surface area (Å²) >= 11 is 6.93. The highest BCUT2D eigenvalue weighted by Gasteiger charge is 1.99. The number of phenolic OH excluding ortho intramolecular Hbond substituents is 1. The molecule has 0 aromatic heterocycles. The molecule has 2 aromatic carbocycles. The Balaban J connectivity index is 0.000000181. The van der Waals surface area contributed by atoms with Gasteiger partial charge < -0.3 is 5.11 Å². The second kappa shape index (κ2) is 7.51. The molecule has 0 aliphatic heterocycles. The van der Waals surface area contributed by atoms with E-state index in [2.05, 4.69) is 44.8 Å². The summed E-state index contributed by atoms with van der Waals surface area (Å²) in [4.78, 5) is 0. The van der Waals surface area contributed by atoms with Gasteiger partial charge in [0.1, 0.15) is 5.75 Å². The largest absolute Gasteiger partial charge is 0.508 e. The molecule has 2 rings (SSSR count). The second-order valence-electron chi connectivity index (χ2n) is 3.40. The predicted molar refractivity (Wildman–Crippen MR) is 79.3 cm³/mol. The van der Waals surface area contributed by atoms with Gasteiger partial charge in [-0.15, -0.1) is 0 Å². The van der Waals surface area contributed by atoms with Gasteiger partial charge in [-0.1, -0.05) is 37.3 Å². The summed E-state index contributed by atoms with van der Waals surface area (Å²) in [5.41, 5.74) is 1.34. The fraction of sp³-hybridized carbons (Fsp3) is 0.143. The molecule has 1 nitrogen and oxygen atoms in total. The molecule has 0 bridgehead atoms. The van der Waals surface area contributed by atoms with Gasteiger partial charge in [-0.05, 0) is 62.0 Å². The van der Waals surface area contributed by atoms with Crippen molar-refractivity contribution in [3.63, 3.8) is 0 Å². The molecular formula is C14H14Br2O. The Bertz CT molecular complexity index is 455. The lowest BCUT2D eigenvalue weighted by Gasteiger charge is -2.01. The average Bonchev–Trinajstić information content (AvgIpc) is 2.34. The zero-order chi connectivity index (χ0) is 12.7. The van der Waals surface area contributed by atoms with Crippen molar-refractivity contribution in [2.24, 2.45) is 0 Å². The van der Waals surface area contributed by atoms with Crippen LogP contribution in [0, 0.1) is 0 Å². The highest BCUT2D eigenvalue weighted by atomic mass is 79.9. The number of halogens is 2. The molecule has 90 valence electrons. The maximum Gasteiger partial charge on any atom is 0.115 e. The van der Waals surface area contributed by atoms with Crippen LogP contribution in [0.1, 0.15) is 12.5 Å². The average molecular weight is 358 g/mol. The third kappa shape index (κ3) is 4.92. The molecule has 0 saturated carbocycles. The van der Waals surface area contributed by atoms with Gasteiger partial charge in [0.25, 0.3) is 0 Å². The van der Waals surface area contributed by atoms with E-state index in [0.29, 0.717) is 5.75 Å². The van der Waals surface area contributed by atoms with Gasteiger partial charge in [0, 0.05) is 8.95 Å². The summed E-state index contributed by atoms with van der Waals surface area (Å²) in [6.07, 6.45) is 1.07. The summed E-state index contributed by atoms with van der Waals surface area (Å²) in [5, 5.41) is 8.63. The summed E-state index contributed by atoms with van der Waals surface area (Å²) in [7, 11) is 0. The van der Waals surface area contributed by atoms with E-state index in [1.165, 1.54) is 10.0 Å². The molecule has 0 aliphatic carbocycles. The molecule has 0 fully saturated rings. The first-order valence-electron chi connectivity index (χ1n) is 5.32. The lowest BCUT2D eigenvalue weighted by molar-refractivity contribution is 0.475. The number of aromatic hydroxyl groups is 1. The van der Waals surface area contributed by atoms with E-state index in [1.54, 1.807) is 24.3 Å². The fourth-order valence-electron chi connectivity index (χ4n) is 1.25. The van der Waals surface area contributed by atoms with E-state index in [0.717, 1.165) is 10.9 Å². The first kappa shape index (κ1) is 14.3. The van der Waals surface area contributed by atoms with Crippen molar-refractivity contribution >= 4 is 31.9 Å². The van der Waals surface area contributed by atoms with E-state index in [-0.39, 0.29) is 0 Å². The first-order chi connectivity index (χ1) is 8.15. The van der Waals surface area contributed by atoms with E-state index < -0.39 is 0 Å². The number of hydrogen-bond acceptors (Lipinski definition) is 1. The van der Waals surface area contributed by atoms with Gasteiger partial charge >= 0.3 is 0 Å². The maximum atomic E-state index is 8.63. The van der Waals surface area contributed by atoms with Crippen molar-refractivity contribution in [2.75, 3.05) is 0 Å². The monoisotopic (exact) mass is 356 g/mol.